The predicted molar refractivity (Wildman–Crippen MR) is 125 cm³/mol. The first-order chi connectivity index (χ1) is 14.4. The van der Waals surface area contributed by atoms with Gasteiger partial charge in [0.1, 0.15) is 0 Å². The van der Waals surface area contributed by atoms with Gasteiger partial charge in [-0.2, -0.15) is 0 Å². The summed E-state index contributed by atoms with van der Waals surface area (Å²) in [6.07, 6.45) is 0. The van der Waals surface area contributed by atoms with Gasteiger partial charge in [0.25, 0.3) is 0 Å². The van der Waals surface area contributed by atoms with Crippen LogP contribution in [0.4, 0.5) is 0 Å². The van der Waals surface area contributed by atoms with Gasteiger partial charge in [0.05, 0.1) is 0 Å². The Morgan fingerprint density at radius 1 is 0.871 bits per heavy atom. The van der Waals surface area contributed by atoms with Crippen molar-refractivity contribution in [1.82, 2.24) is 0 Å². The number of halogens is 2. The van der Waals surface area contributed by atoms with E-state index in [1.165, 1.54) is 23.7 Å². The zero-order chi connectivity index (χ0) is 23.1. The van der Waals surface area contributed by atoms with E-state index in [1.54, 1.807) is 48.5 Å². The molecule has 0 radical (unpaired) electrons. The second-order valence-corrected chi connectivity index (χ2v) is 20.9. The summed E-state index contributed by atoms with van der Waals surface area (Å²) in [5.41, 5.74) is 0.730. The molecule has 0 fully saturated rings. The summed E-state index contributed by atoms with van der Waals surface area (Å²) < 4.78 is 33.2. The van der Waals surface area contributed by atoms with E-state index in [2.05, 4.69) is 0 Å². The summed E-state index contributed by atoms with van der Waals surface area (Å²) in [4.78, 5) is 48.6. The Morgan fingerprint density at radius 2 is 1.39 bits per heavy atom. The van der Waals surface area contributed by atoms with E-state index in [-0.39, 0.29) is 5.56 Å². The van der Waals surface area contributed by atoms with Crippen LogP contribution in [-0.2, 0) is 24.9 Å². The number of carbonyl (C=O) groups is 4. The van der Waals surface area contributed by atoms with Crippen molar-refractivity contribution >= 4 is 61.0 Å². The van der Waals surface area contributed by atoms with Crippen molar-refractivity contribution < 1.29 is 34.5 Å². The first-order valence-corrected chi connectivity index (χ1v) is 19.6. The molecule has 0 saturated carbocycles. The third kappa shape index (κ3) is 4.33. The molecule has 0 amide bonds. The quantitative estimate of drug-likeness (QED) is 0.348. The van der Waals surface area contributed by atoms with E-state index in [0.717, 1.165) is 0 Å². The van der Waals surface area contributed by atoms with Gasteiger partial charge >= 0.3 is 186 Å². The Morgan fingerprint density at radius 3 is 1.94 bits per heavy atom. The van der Waals surface area contributed by atoms with Crippen LogP contribution in [0.2, 0.25) is 0 Å². The van der Waals surface area contributed by atoms with Crippen LogP contribution in [0.1, 0.15) is 34.6 Å². The Hall–Kier alpha value is -2.42. The Bertz CT molecular complexity index is 1150. The van der Waals surface area contributed by atoms with Crippen LogP contribution >= 0.6 is 37.1 Å². The predicted octanol–water partition coefficient (Wildman–Crippen LogP) is 4.06. The van der Waals surface area contributed by atoms with Gasteiger partial charge in [0, 0.05) is 0 Å². The number of carbonyl (C=O) groups excluding carboxylic acids is 4. The third-order valence-electron chi connectivity index (χ3n) is 4.05. The van der Waals surface area contributed by atoms with E-state index < -0.39 is 61.0 Å². The van der Waals surface area contributed by atoms with Gasteiger partial charge in [-0.25, -0.2) is 0 Å². The van der Waals surface area contributed by atoms with Gasteiger partial charge in [-0.05, 0) is 0 Å². The molecule has 2 aliphatic rings. The molecule has 4 rings (SSSR count). The van der Waals surface area contributed by atoms with Gasteiger partial charge in [-0.15, -0.1) is 0 Å². The van der Waals surface area contributed by atoms with Crippen molar-refractivity contribution in [2.45, 2.75) is 13.8 Å². The molecule has 2 heterocycles. The minimum absolute atomic E-state index is 0.265. The monoisotopic (exact) mass is 658 g/mol. The Labute approximate surface area is 185 Å². The Balaban J connectivity index is 0.000000194. The molecule has 0 aromatic heterocycles. The molecule has 9 nitrogen and oxygen atoms in total. The molecule has 0 saturated heterocycles. The van der Waals surface area contributed by atoms with Crippen molar-refractivity contribution in [1.29, 1.82) is 0 Å². The van der Waals surface area contributed by atoms with Crippen LogP contribution in [0.3, 0.4) is 0 Å². The maximum atomic E-state index is 11.9. The maximum absolute atomic E-state index is 11.9. The number of hydrogen-bond donors (Lipinski definition) is 0. The van der Waals surface area contributed by atoms with Crippen molar-refractivity contribution in [2.24, 2.45) is 0 Å². The summed E-state index contributed by atoms with van der Waals surface area (Å²) in [6.45, 7) is 2.35. The average molecular weight is 658 g/mol. The number of benzene rings is 2. The average Bonchev–Trinajstić information content (AvgIpc) is 3.02. The van der Waals surface area contributed by atoms with Gasteiger partial charge in [0.15, 0.2) is 0 Å². The topological polar surface area (TPSA) is 122 Å². The van der Waals surface area contributed by atoms with Gasteiger partial charge in [-0.3, -0.25) is 0 Å². The van der Waals surface area contributed by atoms with Crippen LogP contribution < -0.4 is 0 Å². The fraction of sp³-hybridized carbons (Fsp3) is 0.200. The summed E-state index contributed by atoms with van der Waals surface area (Å²) in [5.74, 6) is -2.42. The van der Waals surface area contributed by atoms with Gasteiger partial charge in [-0.1, -0.05) is 0 Å². The normalized spacial score (nSPS) is 24.8. The molecule has 2 aromatic rings. The fourth-order valence-corrected chi connectivity index (χ4v) is 14.3. The summed E-state index contributed by atoms with van der Waals surface area (Å²) in [5, 5.41) is 0. The van der Waals surface area contributed by atoms with Crippen LogP contribution in [0.15, 0.2) is 48.5 Å². The molecule has 31 heavy (non-hydrogen) atoms. The van der Waals surface area contributed by atoms with Crippen LogP contribution in [0.25, 0.3) is 0 Å². The number of hydrogen-bond acceptors (Lipinski definition) is 9. The Kier molecular flexibility index (Phi) is 5.94. The van der Waals surface area contributed by atoms with E-state index >= 15 is 0 Å². The fourth-order valence-electron chi connectivity index (χ4n) is 3.02. The first kappa shape index (κ1) is 23.2. The van der Waals surface area contributed by atoms with Crippen molar-refractivity contribution in [3.05, 3.63) is 66.8 Å². The van der Waals surface area contributed by atoms with Crippen LogP contribution in [0.5, 0.6) is 0 Å². The molecule has 2 aromatic carbocycles. The molecule has 1 unspecified atom stereocenters. The molecule has 1 atom stereocenters. The van der Waals surface area contributed by atoms with Crippen molar-refractivity contribution in [3.8, 4) is 0 Å². The second-order valence-electron chi connectivity index (χ2n) is 6.61. The summed E-state index contributed by atoms with van der Waals surface area (Å²) in [7, 11) is 0. The third-order valence-corrected chi connectivity index (χ3v) is 16.6. The van der Waals surface area contributed by atoms with E-state index in [4.69, 9.17) is 12.3 Å². The van der Waals surface area contributed by atoms with E-state index in [9.17, 15) is 22.2 Å². The standard InChI is InChI=1S/C12H13IO6.C8H7IO3/c1-8(14)17-13(3,18-9(2)15)11-7-5-4-6-10(11)12(16)19-13;1-9(11)7-5-3-2-4-6(7)8(10)12-9/h4-7H,1-3H3;2-5H,1H3. The van der Waals surface area contributed by atoms with Gasteiger partial charge < -0.3 is 0 Å². The number of alkyl halides is 2. The zero-order valence-electron chi connectivity index (χ0n) is 17.0. The van der Waals surface area contributed by atoms with Crippen LogP contribution in [0, 0.1) is 7.14 Å². The SMILES string of the molecule is CC(=O)OI1(C)(OC(C)=O)OC(=O)c2ccccc21.CI1(=O)OC(=O)c2ccccc21. The second kappa shape index (κ2) is 7.93. The minimum atomic E-state index is -5.01. The number of rotatable bonds is 2. The number of fused-ring (bicyclic) bond motifs is 2. The molecule has 2 aliphatic heterocycles. The summed E-state index contributed by atoms with van der Waals surface area (Å²) in [6, 6.07) is 13.3. The molecule has 11 heteroatoms. The van der Waals surface area contributed by atoms with E-state index in [1.807, 2.05) is 0 Å². The molecule has 0 aliphatic carbocycles. The van der Waals surface area contributed by atoms with Crippen molar-refractivity contribution in [3.63, 3.8) is 0 Å². The van der Waals surface area contributed by atoms with Gasteiger partial charge in [0.2, 0.25) is 0 Å². The first-order valence-electron chi connectivity index (χ1n) is 8.69. The molecule has 0 bridgehead atoms. The molecule has 0 spiro atoms. The zero-order valence-corrected chi connectivity index (χ0v) is 21.4. The van der Waals surface area contributed by atoms with Crippen LogP contribution in [-0.4, -0.2) is 33.7 Å². The molecular formula is C20H20I2O9. The van der Waals surface area contributed by atoms with Crippen molar-refractivity contribution in [2.75, 3.05) is 9.86 Å². The molecule has 168 valence electrons. The van der Waals surface area contributed by atoms with E-state index in [0.29, 0.717) is 12.7 Å². The molecule has 0 N–H and O–H groups in total. The summed E-state index contributed by atoms with van der Waals surface area (Å²) >= 11 is -8.55. The molecular weight excluding hydrogens is 638 g/mol.